The number of carbonyl (C=O) groups excluding carboxylic acids is 1. The quantitative estimate of drug-likeness (QED) is 0.921. The summed E-state index contributed by atoms with van der Waals surface area (Å²) in [4.78, 5) is 14.7. The molecular weight excluding hydrogens is 304 g/mol. The van der Waals surface area contributed by atoms with Crippen LogP contribution in [0.1, 0.15) is 48.2 Å². The molecule has 2 heterocycles. The van der Waals surface area contributed by atoms with Crippen molar-refractivity contribution in [1.82, 2.24) is 10.1 Å². The third kappa shape index (κ3) is 2.44. The van der Waals surface area contributed by atoms with Crippen molar-refractivity contribution >= 4 is 5.91 Å². The van der Waals surface area contributed by atoms with E-state index in [0.29, 0.717) is 18.7 Å². The summed E-state index contributed by atoms with van der Waals surface area (Å²) in [6.07, 6.45) is 6.05. The zero-order valence-electron chi connectivity index (χ0n) is 13.6. The predicted octanol–water partition coefficient (Wildman–Crippen LogP) is 2.97. The van der Waals surface area contributed by atoms with Crippen molar-refractivity contribution in [3.63, 3.8) is 0 Å². The molecule has 24 heavy (non-hydrogen) atoms. The smallest absolute Gasteiger partial charge is 0.276 e. The summed E-state index contributed by atoms with van der Waals surface area (Å²) in [5, 5.41) is 15.3. The molecule has 1 unspecified atom stereocenters. The van der Waals surface area contributed by atoms with E-state index in [1.807, 2.05) is 35.2 Å². The molecule has 1 saturated heterocycles. The van der Waals surface area contributed by atoms with E-state index in [-0.39, 0.29) is 17.9 Å². The molecule has 126 valence electrons. The van der Waals surface area contributed by atoms with Crippen LogP contribution in [0, 0.1) is 5.92 Å². The van der Waals surface area contributed by atoms with Gasteiger partial charge in [-0.15, -0.1) is 0 Å². The molecule has 2 aliphatic rings. The molecule has 0 radical (unpaired) electrons. The summed E-state index contributed by atoms with van der Waals surface area (Å²) < 4.78 is 4.83. The number of nitrogens with zero attached hydrogens (tertiary/aromatic N) is 2. The second-order valence-corrected chi connectivity index (χ2v) is 6.88. The molecule has 2 aromatic rings. The van der Waals surface area contributed by atoms with Crippen LogP contribution >= 0.6 is 0 Å². The van der Waals surface area contributed by atoms with Gasteiger partial charge in [-0.2, -0.15) is 0 Å². The maximum absolute atomic E-state index is 12.8. The van der Waals surface area contributed by atoms with Crippen molar-refractivity contribution in [2.24, 2.45) is 5.92 Å². The SMILES string of the molecule is O=C(c1ccon1)N1CCC(O)(c2ccccc2)[C@H]2CCCC[C@@H]21. The normalized spacial score (nSPS) is 30.0. The van der Waals surface area contributed by atoms with E-state index in [2.05, 4.69) is 5.16 Å². The molecule has 5 nitrogen and oxygen atoms in total. The van der Waals surface area contributed by atoms with Gasteiger partial charge in [0.05, 0.1) is 5.60 Å². The highest BCUT2D eigenvalue weighted by Gasteiger charge is 2.50. The molecule has 1 aliphatic carbocycles. The van der Waals surface area contributed by atoms with Gasteiger partial charge in [0.25, 0.3) is 5.91 Å². The fraction of sp³-hybridized carbons (Fsp3) is 0.474. The van der Waals surface area contributed by atoms with Crippen molar-refractivity contribution in [3.05, 3.63) is 53.9 Å². The van der Waals surface area contributed by atoms with Gasteiger partial charge >= 0.3 is 0 Å². The third-order valence-electron chi connectivity index (χ3n) is 5.67. The Kier molecular flexibility index (Phi) is 3.88. The van der Waals surface area contributed by atoms with Gasteiger partial charge in [-0.1, -0.05) is 48.3 Å². The lowest BCUT2D eigenvalue weighted by Gasteiger charge is -2.52. The highest BCUT2D eigenvalue weighted by atomic mass is 16.5. The molecule has 0 spiro atoms. The number of likely N-dealkylation sites (tertiary alicyclic amines) is 1. The standard InChI is InChI=1S/C19H22N2O3/c22-18(16-10-13-24-20-16)21-12-11-19(23,14-6-2-1-3-7-14)15-8-4-5-9-17(15)21/h1-3,6-7,10,13,15,17,23H,4-5,8-9,11-12H2/t15-,17-,19?/m0/s1. The Morgan fingerprint density at radius 2 is 2.00 bits per heavy atom. The third-order valence-corrected chi connectivity index (χ3v) is 5.67. The van der Waals surface area contributed by atoms with Crippen LogP contribution in [0.25, 0.3) is 0 Å². The van der Waals surface area contributed by atoms with E-state index in [0.717, 1.165) is 31.2 Å². The Labute approximate surface area is 141 Å². The molecule has 0 bridgehead atoms. The van der Waals surface area contributed by atoms with Crippen molar-refractivity contribution < 1.29 is 14.4 Å². The van der Waals surface area contributed by atoms with Gasteiger partial charge in [-0.25, -0.2) is 0 Å². The molecular formula is C19H22N2O3. The summed E-state index contributed by atoms with van der Waals surface area (Å²) in [5.41, 5.74) is 0.465. The van der Waals surface area contributed by atoms with Crippen molar-refractivity contribution in [2.75, 3.05) is 6.54 Å². The van der Waals surface area contributed by atoms with Gasteiger partial charge in [0.15, 0.2) is 5.69 Å². The highest BCUT2D eigenvalue weighted by molar-refractivity contribution is 5.92. The molecule has 4 rings (SSSR count). The van der Waals surface area contributed by atoms with Crippen molar-refractivity contribution in [3.8, 4) is 0 Å². The summed E-state index contributed by atoms with van der Waals surface area (Å²) >= 11 is 0. The minimum Gasteiger partial charge on any atom is -0.385 e. The zero-order chi connectivity index (χ0) is 16.6. The predicted molar refractivity (Wildman–Crippen MR) is 88.2 cm³/mol. The monoisotopic (exact) mass is 326 g/mol. The van der Waals surface area contributed by atoms with Gasteiger partial charge in [0.2, 0.25) is 0 Å². The van der Waals surface area contributed by atoms with E-state index in [1.165, 1.54) is 6.26 Å². The van der Waals surface area contributed by atoms with Gasteiger partial charge in [0, 0.05) is 24.6 Å². The average Bonchev–Trinajstić information content (AvgIpc) is 3.17. The van der Waals surface area contributed by atoms with E-state index >= 15 is 0 Å². The Bertz CT molecular complexity index is 701. The number of hydrogen-bond donors (Lipinski definition) is 1. The Morgan fingerprint density at radius 1 is 1.21 bits per heavy atom. The fourth-order valence-corrected chi connectivity index (χ4v) is 4.49. The number of benzene rings is 1. The summed E-state index contributed by atoms with van der Waals surface area (Å²) in [7, 11) is 0. The maximum Gasteiger partial charge on any atom is 0.276 e. The van der Waals surface area contributed by atoms with E-state index in [9.17, 15) is 9.90 Å². The van der Waals surface area contributed by atoms with Gasteiger partial charge in [-0.3, -0.25) is 4.79 Å². The molecule has 5 heteroatoms. The number of hydrogen-bond acceptors (Lipinski definition) is 4. The number of piperidine rings is 1. The minimum absolute atomic E-state index is 0.0573. The first-order chi connectivity index (χ1) is 11.7. The summed E-state index contributed by atoms with van der Waals surface area (Å²) in [6.45, 7) is 0.540. The Balaban J connectivity index is 1.66. The average molecular weight is 326 g/mol. The largest absolute Gasteiger partial charge is 0.385 e. The van der Waals surface area contributed by atoms with Crippen LogP contribution in [0.15, 0.2) is 47.2 Å². The first-order valence-electron chi connectivity index (χ1n) is 8.69. The van der Waals surface area contributed by atoms with Crippen molar-refractivity contribution in [1.29, 1.82) is 0 Å². The molecule has 1 N–H and O–H groups in total. The number of amides is 1. The highest BCUT2D eigenvalue weighted by Crippen LogP contribution is 2.47. The van der Waals surface area contributed by atoms with E-state index in [1.54, 1.807) is 6.07 Å². The number of aliphatic hydroxyl groups is 1. The van der Waals surface area contributed by atoms with Crippen LogP contribution < -0.4 is 0 Å². The van der Waals surface area contributed by atoms with Crippen LogP contribution in [0.5, 0.6) is 0 Å². The van der Waals surface area contributed by atoms with Crippen LogP contribution in [0.3, 0.4) is 0 Å². The lowest BCUT2D eigenvalue weighted by Crippen LogP contribution is -2.59. The fourth-order valence-electron chi connectivity index (χ4n) is 4.49. The molecule has 2 fully saturated rings. The minimum atomic E-state index is -0.854. The van der Waals surface area contributed by atoms with Gasteiger partial charge in [-0.05, 0) is 24.8 Å². The second-order valence-electron chi connectivity index (χ2n) is 6.88. The maximum atomic E-state index is 12.8. The number of carbonyl (C=O) groups is 1. The molecule has 1 aromatic heterocycles. The van der Waals surface area contributed by atoms with Crippen LogP contribution in [-0.2, 0) is 5.60 Å². The number of fused-ring (bicyclic) bond motifs is 1. The number of aromatic nitrogens is 1. The molecule has 1 aliphatic heterocycles. The van der Waals surface area contributed by atoms with E-state index < -0.39 is 5.60 Å². The van der Waals surface area contributed by atoms with Crippen LogP contribution in [0.2, 0.25) is 0 Å². The van der Waals surface area contributed by atoms with Gasteiger partial charge in [0.1, 0.15) is 6.26 Å². The summed E-state index contributed by atoms with van der Waals surface area (Å²) in [5.74, 6) is -0.0194. The summed E-state index contributed by atoms with van der Waals surface area (Å²) in [6, 6.07) is 11.6. The first kappa shape index (κ1) is 15.4. The first-order valence-corrected chi connectivity index (χ1v) is 8.69. The van der Waals surface area contributed by atoms with Crippen molar-refractivity contribution in [2.45, 2.75) is 43.7 Å². The Hall–Kier alpha value is -2.14. The lowest BCUT2D eigenvalue weighted by molar-refractivity contribution is -0.110. The van der Waals surface area contributed by atoms with Gasteiger partial charge < -0.3 is 14.5 Å². The lowest BCUT2D eigenvalue weighted by atomic mass is 9.66. The molecule has 1 amide bonds. The zero-order valence-corrected chi connectivity index (χ0v) is 13.6. The topological polar surface area (TPSA) is 66.6 Å². The Morgan fingerprint density at radius 3 is 2.75 bits per heavy atom. The molecule has 3 atom stereocenters. The number of rotatable bonds is 2. The van der Waals surface area contributed by atoms with Crippen LogP contribution in [0.4, 0.5) is 0 Å². The second kappa shape index (κ2) is 6.06. The van der Waals surface area contributed by atoms with Crippen LogP contribution in [-0.4, -0.2) is 33.7 Å². The molecule has 1 saturated carbocycles. The van der Waals surface area contributed by atoms with E-state index in [4.69, 9.17) is 4.52 Å². The molecule has 1 aromatic carbocycles.